The Labute approximate surface area is 303 Å². The van der Waals surface area contributed by atoms with Gasteiger partial charge < -0.3 is 14.2 Å². The lowest BCUT2D eigenvalue weighted by molar-refractivity contribution is 0.0726. The molecule has 1 fully saturated rings. The van der Waals surface area contributed by atoms with Crippen molar-refractivity contribution in [2.75, 3.05) is 26.2 Å². The Hall–Kier alpha value is -5.71. The molecule has 0 bridgehead atoms. The number of likely N-dealkylation sites (tertiary alicyclic amines) is 1. The van der Waals surface area contributed by atoms with Crippen LogP contribution >= 0.6 is 11.3 Å². The third kappa shape index (κ3) is 7.93. The maximum absolute atomic E-state index is 14.3. The van der Waals surface area contributed by atoms with Crippen molar-refractivity contribution < 1.29 is 37.4 Å². The second kappa shape index (κ2) is 15.7. The Morgan fingerprint density at radius 3 is 1.85 bits per heavy atom. The van der Waals surface area contributed by atoms with Gasteiger partial charge in [-0.05, 0) is 135 Å². The number of carbonyl (C=O) groups excluding carboxylic acids is 3. The van der Waals surface area contributed by atoms with Crippen LogP contribution in [0.4, 0.5) is 8.78 Å². The Bertz CT molecular complexity index is 2210. The van der Waals surface area contributed by atoms with Gasteiger partial charge in [0.15, 0.2) is 5.78 Å². The Kier molecular flexibility index (Phi) is 10.5. The molecule has 262 valence electrons. The van der Waals surface area contributed by atoms with Crippen LogP contribution in [0.3, 0.4) is 0 Å². The highest BCUT2D eigenvalue weighted by Gasteiger charge is 2.25. The second-order valence-corrected chi connectivity index (χ2v) is 13.4. The van der Waals surface area contributed by atoms with Gasteiger partial charge in [0.2, 0.25) is 0 Å². The van der Waals surface area contributed by atoms with Crippen LogP contribution in [0.5, 0.6) is 17.2 Å². The molecule has 0 radical (unpaired) electrons. The maximum Gasteiger partial charge on any atom is 0.343 e. The van der Waals surface area contributed by atoms with Gasteiger partial charge in [0.05, 0.1) is 15.8 Å². The summed E-state index contributed by atoms with van der Waals surface area (Å²) in [6.45, 7) is 3.58. The van der Waals surface area contributed by atoms with Crippen LogP contribution in [0, 0.1) is 11.6 Å². The number of rotatable bonds is 11. The van der Waals surface area contributed by atoms with Crippen LogP contribution < -0.4 is 14.2 Å². The number of hydrogen-bond acceptors (Lipinski definition) is 8. The van der Waals surface area contributed by atoms with E-state index in [9.17, 15) is 23.2 Å². The minimum Gasteiger partial charge on any atom is -0.492 e. The van der Waals surface area contributed by atoms with Crippen molar-refractivity contribution in [3.63, 3.8) is 0 Å². The highest BCUT2D eigenvalue weighted by atomic mass is 32.1. The molecule has 0 unspecified atom stereocenters. The van der Waals surface area contributed by atoms with E-state index in [0.717, 1.165) is 19.6 Å². The number of esters is 2. The SMILES string of the molecule is O=C(Oc1ccc(-c2sc3c(OC(=O)c4ccc(F)cc4)cccc3c2C(=O)c2ccc(OCCN3CCCCC3)cc2)cc1)c1ccc(F)cc1. The molecule has 1 saturated heterocycles. The first-order valence-corrected chi connectivity index (χ1v) is 17.8. The molecule has 5 aromatic carbocycles. The fourth-order valence-corrected chi connectivity index (χ4v) is 7.35. The van der Waals surface area contributed by atoms with Crippen LogP contribution in [0.2, 0.25) is 0 Å². The van der Waals surface area contributed by atoms with Crippen LogP contribution in [-0.2, 0) is 0 Å². The minimum atomic E-state index is -0.668. The number of piperidine rings is 1. The number of benzene rings is 5. The summed E-state index contributed by atoms with van der Waals surface area (Å²) in [6.07, 6.45) is 3.70. The standard InChI is InChI=1S/C42H33F2NO6S/c43-31-15-7-29(8-16-31)41(47)50-34-21-13-28(14-22-34)39-37(38(46)27-11-19-33(20-12-27)49-26-25-45-23-2-1-3-24-45)35-5-4-6-36(40(35)52-39)51-42(48)30-9-17-32(44)18-10-30/h4-22H,1-3,23-26H2. The monoisotopic (exact) mass is 717 g/mol. The summed E-state index contributed by atoms with van der Waals surface area (Å²) in [5.41, 5.74) is 1.90. The van der Waals surface area contributed by atoms with Crippen molar-refractivity contribution in [2.24, 2.45) is 0 Å². The average Bonchev–Trinajstić information content (AvgIpc) is 3.57. The number of ether oxygens (including phenoxy) is 3. The van der Waals surface area contributed by atoms with Crippen LogP contribution in [0.15, 0.2) is 115 Å². The summed E-state index contributed by atoms with van der Waals surface area (Å²) in [7, 11) is 0. The summed E-state index contributed by atoms with van der Waals surface area (Å²) in [5, 5.41) is 0.586. The van der Waals surface area contributed by atoms with Gasteiger partial charge in [-0.25, -0.2) is 18.4 Å². The van der Waals surface area contributed by atoms with E-state index >= 15 is 0 Å². The average molecular weight is 718 g/mol. The second-order valence-electron chi connectivity index (χ2n) is 12.4. The van der Waals surface area contributed by atoms with Crippen molar-refractivity contribution in [1.29, 1.82) is 0 Å². The number of thiophene rings is 1. The van der Waals surface area contributed by atoms with E-state index < -0.39 is 23.6 Å². The van der Waals surface area contributed by atoms with Crippen molar-refractivity contribution in [2.45, 2.75) is 19.3 Å². The molecule has 10 heteroatoms. The molecule has 2 heterocycles. The highest BCUT2D eigenvalue weighted by molar-refractivity contribution is 7.23. The molecule has 0 N–H and O–H groups in total. The smallest absolute Gasteiger partial charge is 0.343 e. The molecule has 1 aliphatic rings. The van der Waals surface area contributed by atoms with E-state index in [2.05, 4.69) is 4.90 Å². The molecule has 7 rings (SSSR count). The zero-order chi connectivity index (χ0) is 36.0. The summed E-state index contributed by atoms with van der Waals surface area (Å²) in [5.74, 6) is -1.31. The lowest BCUT2D eigenvalue weighted by Crippen LogP contribution is -2.33. The van der Waals surface area contributed by atoms with Crippen LogP contribution in [0.25, 0.3) is 20.5 Å². The molecule has 1 aliphatic heterocycles. The van der Waals surface area contributed by atoms with Crippen molar-refractivity contribution in [3.8, 4) is 27.7 Å². The van der Waals surface area contributed by atoms with Crippen molar-refractivity contribution in [3.05, 3.63) is 149 Å². The van der Waals surface area contributed by atoms with E-state index in [1.165, 1.54) is 79.1 Å². The first-order chi connectivity index (χ1) is 25.3. The molecule has 6 aromatic rings. The summed E-state index contributed by atoms with van der Waals surface area (Å²) in [4.78, 5) is 43.0. The van der Waals surface area contributed by atoms with Crippen molar-refractivity contribution in [1.82, 2.24) is 4.90 Å². The minimum absolute atomic E-state index is 0.176. The lowest BCUT2D eigenvalue weighted by Gasteiger charge is -2.26. The number of hydrogen-bond donors (Lipinski definition) is 0. The zero-order valence-corrected chi connectivity index (χ0v) is 28.8. The fourth-order valence-electron chi connectivity index (χ4n) is 6.10. The predicted octanol–water partition coefficient (Wildman–Crippen LogP) is 9.38. The number of carbonyl (C=O) groups is 3. The largest absolute Gasteiger partial charge is 0.492 e. The zero-order valence-electron chi connectivity index (χ0n) is 28.0. The maximum atomic E-state index is 14.3. The fraction of sp³-hybridized carbons (Fsp3) is 0.167. The molecule has 0 saturated carbocycles. The van der Waals surface area contributed by atoms with E-state index in [-0.39, 0.29) is 28.4 Å². The van der Waals surface area contributed by atoms with E-state index in [4.69, 9.17) is 14.2 Å². The number of fused-ring (bicyclic) bond motifs is 1. The van der Waals surface area contributed by atoms with Gasteiger partial charge in [-0.15, -0.1) is 11.3 Å². The van der Waals surface area contributed by atoms with Gasteiger partial charge in [0, 0.05) is 27.9 Å². The summed E-state index contributed by atoms with van der Waals surface area (Å²) in [6, 6.07) is 29.0. The van der Waals surface area contributed by atoms with E-state index in [1.54, 1.807) is 66.7 Å². The summed E-state index contributed by atoms with van der Waals surface area (Å²) < 4.78 is 44.7. The molecule has 0 atom stereocenters. The Morgan fingerprint density at radius 1 is 0.635 bits per heavy atom. The van der Waals surface area contributed by atoms with Gasteiger partial charge in [0.1, 0.15) is 35.5 Å². The van der Waals surface area contributed by atoms with Gasteiger partial charge in [-0.3, -0.25) is 9.69 Å². The number of halogens is 2. The lowest BCUT2D eigenvalue weighted by atomic mass is 9.97. The van der Waals surface area contributed by atoms with Gasteiger partial charge in [0.25, 0.3) is 0 Å². The number of ketones is 1. The third-order valence-electron chi connectivity index (χ3n) is 8.84. The molecule has 7 nitrogen and oxygen atoms in total. The first kappa shape index (κ1) is 34.7. The normalized spacial score (nSPS) is 13.1. The topological polar surface area (TPSA) is 82.1 Å². The molecular weight excluding hydrogens is 685 g/mol. The Balaban J connectivity index is 1.18. The summed E-state index contributed by atoms with van der Waals surface area (Å²) >= 11 is 1.28. The quantitative estimate of drug-likeness (QED) is 0.0751. The predicted molar refractivity (Wildman–Crippen MR) is 196 cm³/mol. The van der Waals surface area contributed by atoms with Crippen molar-refractivity contribution >= 4 is 39.1 Å². The highest BCUT2D eigenvalue weighted by Crippen LogP contribution is 2.44. The number of nitrogens with zero attached hydrogens (tertiary/aromatic N) is 1. The van der Waals surface area contributed by atoms with Gasteiger partial charge in [-0.1, -0.05) is 18.6 Å². The van der Waals surface area contributed by atoms with Crippen LogP contribution in [-0.4, -0.2) is 48.9 Å². The molecule has 0 aliphatic carbocycles. The molecule has 1 aromatic heterocycles. The van der Waals surface area contributed by atoms with E-state index in [0.29, 0.717) is 44.0 Å². The molecular formula is C42H33F2NO6S. The van der Waals surface area contributed by atoms with Gasteiger partial charge >= 0.3 is 11.9 Å². The van der Waals surface area contributed by atoms with Crippen LogP contribution in [0.1, 0.15) is 55.9 Å². The molecule has 0 spiro atoms. The molecule has 52 heavy (non-hydrogen) atoms. The third-order valence-corrected chi connectivity index (χ3v) is 10.1. The van der Waals surface area contributed by atoms with E-state index in [1.807, 2.05) is 0 Å². The Morgan fingerprint density at radius 2 is 1.21 bits per heavy atom. The van der Waals surface area contributed by atoms with Gasteiger partial charge in [-0.2, -0.15) is 0 Å². The first-order valence-electron chi connectivity index (χ1n) is 16.9. The molecule has 0 amide bonds.